The summed E-state index contributed by atoms with van der Waals surface area (Å²) in [5.41, 5.74) is 9.81. The average Bonchev–Trinajstić information content (AvgIpc) is 1.82. The summed E-state index contributed by atoms with van der Waals surface area (Å²) in [6, 6.07) is -0.979. The first-order valence-electron chi connectivity index (χ1n) is 2.80. The predicted octanol–water partition coefficient (Wildman–Crippen LogP) is -1.98. The molecule has 1 unspecified atom stereocenters. The maximum absolute atomic E-state index is 10.1. The number of carboxylic acids is 1. The Morgan fingerprint density at radius 1 is 1.45 bits per heavy atom. The molecule has 0 aliphatic heterocycles. The van der Waals surface area contributed by atoms with E-state index in [1.165, 1.54) is 0 Å². The van der Waals surface area contributed by atoms with E-state index in [9.17, 15) is 9.59 Å². The van der Waals surface area contributed by atoms with Crippen molar-refractivity contribution in [2.24, 2.45) is 11.5 Å². The van der Waals surface area contributed by atoms with Crippen molar-refractivity contribution in [3.8, 4) is 0 Å². The van der Waals surface area contributed by atoms with Crippen LogP contribution in [0.1, 0.15) is 12.8 Å². The zero-order valence-corrected chi connectivity index (χ0v) is 5.41. The number of aliphatic carboxylic acids is 1. The van der Waals surface area contributed by atoms with Crippen LogP contribution < -0.4 is 11.5 Å². The summed E-state index contributed by atoms with van der Waals surface area (Å²) in [5.74, 6) is -1.64. The van der Waals surface area contributed by atoms with Crippen LogP contribution in [0, 0.1) is 0 Å². The molecule has 0 radical (unpaired) electrons. The second-order valence-corrected chi connectivity index (χ2v) is 1.95. The molecule has 5 N–H and O–H groups in total. The summed E-state index contributed by atoms with van der Waals surface area (Å²) in [5, 5.41) is 8.22. The number of hydrogen-bond donors (Lipinski definition) is 3. The van der Waals surface area contributed by atoms with Gasteiger partial charge in [0.25, 0.3) is 0 Å². The molecular weight excluding hydrogens is 175 g/mol. The van der Waals surface area contributed by atoms with Gasteiger partial charge in [-0.15, -0.1) is 0 Å². The molecule has 5 nitrogen and oxygen atoms in total. The maximum atomic E-state index is 10.1. The van der Waals surface area contributed by atoms with Gasteiger partial charge in [0.2, 0.25) is 5.91 Å². The van der Waals surface area contributed by atoms with Gasteiger partial charge in [0.1, 0.15) is 6.04 Å². The first-order chi connectivity index (χ1) is 4.54. The quantitative estimate of drug-likeness (QED) is 0.442. The van der Waals surface area contributed by atoms with Crippen molar-refractivity contribution in [2.75, 3.05) is 0 Å². The number of nitrogens with two attached hydrogens (primary N) is 2. The van der Waals surface area contributed by atoms with Gasteiger partial charge in [-0.25, -0.2) is 0 Å². The Kier molecular flexibility index (Phi) is 9.22. The van der Waals surface area contributed by atoms with E-state index in [4.69, 9.17) is 16.6 Å². The van der Waals surface area contributed by atoms with E-state index in [-0.39, 0.29) is 64.2 Å². The van der Waals surface area contributed by atoms with Gasteiger partial charge in [0.05, 0.1) is 0 Å². The third-order valence-corrected chi connectivity index (χ3v) is 1.02. The molecule has 0 aromatic carbocycles. The summed E-state index contributed by atoms with van der Waals surface area (Å²) in [4.78, 5) is 20.1. The molecule has 0 saturated carbocycles. The molecule has 60 valence electrons. The number of hydrogen-bond acceptors (Lipinski definition) is 3. The summed E-state index contributed by atoms with van der Waals surface area (Å²) in [6.45, 7) is 0. The molecule has 0 aliphatic rings. The Hall–Kier alpha value is 0.536. The van der Waals surface area contributed by atoms with Crippen LogP contribution in [-0.4, -0.2) is 74.4 Å². The van der Waals surface area contributed by atoms with Crippen molar-refractivity contribution in [3.05, 3.63) is 0 Å². The van der Waals surface area contributed by atoms with Gasteiger partial charge in [0, 0.05) is 6.42 Å². The van der Waals surface area contributed by atoms with Crippen molar-refractivity contribution >= 4 is 63.3 Å². The van der Waals surface area contributed by atoms with E-state index < -0.39 is 17.9 Å². The second kappa shape index (κ2) is 7.20. The molecule has 0 heterocycles. The fraction of sp³-hybridized carbons (Fsp3) is 0.600. The second-order valence-electron chi connectivity index (χ2n) is 1.95. The topological polar surface area (TPSA) is 106 Å². The third-order valence-electron chi connectivity index (χ3n) is 1.02. The van der Waals surface area contributed by atoms with Crippen molar-refractivity contribution in [1.82, 2.24) is 0 Å². The van der Waals surface area contributed by atoms with E-state index in [2.05, 4.69) is 0 Å². The van der Waals surface area contributed by atoms with Crippen molar-refractivity contribution < 1.29 is 14.7 Å². The monoisotopic (exact) mass is 186 g/mol. The number of primary amides is 1. The Morgan fingerprint density at radius 2 is 1.91 bits per heavy atom. The normalized spacial score (nSPS) is 11.4. The van der Waals surface area contributed by atoms with E-state index in [0.29, 0.717) is 0 Å². The Bertz CT molecular complexity index is 151. The fourth-order valence-electron chi connectivity index (χ4n) is 0.421. The van der Waals surface area contributed by atoms with Crippen LogP contribution in [0.5, 0.6) is 0 Å². The Labute approximate surface area is 107 Å². The van der Waals surface area contributed by atoms with Gasteiger partial charge >= 0.3 is 57.4 Å². The minimum absolute atomic E-state index is 0. The zero-order chi connectivity index (χ0) is 8.15. The van der Waals surface area contributed by atoms with Gasteiger partial charge in [-0.05, 0) is 6.42 Å². The standard InChI is InChI=1S/C5H10N2O3.K.H/c6-3(5(9)10)1-2-4(7)8;;/h3H,1-2,6H2,(H2,7,8)(H,9,10);;. The fourth-order valence-corrected chi connectivity index (χ4v) is 0.421. The van der Waals surface area contributed by atoms with Gasteiger partial charge < -0.3 is 16.6 Å². The number of amides is 1. The zero-order valence-electron chi connectivity index (χ0n) is 5.41. The first-order valence-corrected chi connectivity index (χ1v) is 2.80. The van der Waals surface area contributed by atoms with Crippen LogP contribution >= 0.6 is 0 Å². The molecule has 11 heavy (non-hydrogen) atoms. The summed E-state index contributed by atoms with van der Waals surface area (Å²) in [7, 11) is 0. The molecule has 0 spiro atoms. The molecule has 0 aromatic rings. The van der Waals surface area contributed by atoms with Crippen molar-refractivity contribution in [2.45, 2.75) is 18.9 Å². The molecule has 0 bridgehead atoms. The van der Waals surface area contributed by atoms with E-state index in [1.807, 2.05) is 0 Å². The Balaban J connectivity index is 0. The molecule has 0 aliphatic carbocycles. The molecule has 6 heteroatoms. The van der Waals surface area contributed by atoms with Crippen molar-refractivity contribution in [1.29, 1.82) is 0 Å². The third kappa shape index (κ3) is 8.44. The number of rotatable bonds is 4. The molecule has 0 aromatic heterocycles. The molecule has 0 saturated heterocycles. The minimum atomic E-state index is -1.11. The van der Waals surface area contributed by atoms with Gasteiger partial charge in [-0.2, -0.15) is 0 Å². The molecule has 0 rings (SSSR count). The first kappa shape index (κ1) is 14.1. The predicted molar refractivity (Wildman–Crippen MR) is 41.2 cm³/mol. The Morgan fingerprint density at radius 3 is 2.18 bits per heavy atom. The summed E-state index contributed by atoms with van der Waals surface area (Å²) >= 11 is 0. The van der Waals surface area contributed by atoms with Crippen molar-refractivity contribution in [3.63, 3.8) is 0 Å². The van der Waals surface area contributed by atoms with Crippen LogP contribution in [0.3, 0.4) is 0 Å². The van der Waals surface area contributed by atoms with Crippen LogP contribution in [0.4, 0.5) is 0 Å². The molecule has 0 fully saturated rings. The van der Waals surface area contributed by atoms with Crippen LogP contribution in [-0.2, 0) is 9.59 Å². The van der Waals surface area contributed by atoms with E-state index in [0.717, 1.165) is 0 Å². The molecule has 1 amide bonds. The molecular formula is C5H11KN2O3. The van der Waals surface area contributed by atoms with Crippen LogP contribution in [0.15, 0.2) is 0 Å². The average molecular weight is 186 g/mol. The van der Waals surface area contributed by atoms with Crippen LogP contribution in [0.2, 0.25) is 0 Å². The van der Waals surface area contributed by atoms with E-state index in [1.54, 1.807) is 0 Å². The number of carboxylic acid groups (broad SMARTS) is 1. The SMILES string of the molecule is NC(=O)CCC(N)C(=O)O.[KH]. The van der Waals surface area contributed by atoms with Gasteiger partial charge in [-0.3, -0.25) is 9.59 Å². The van der Waals surface area contributed by atoms with Gasteiger partial charge in [-0.1, -0.05) is 0 Å². The van der Waals surface area contributed by atoms with Gasteiger partial charge in [0.15, 0.2) is 0 Å². The van der Waals surface area contributed by atoms with Crippen LogP contribution in [0.25, 0.3) is 0 Å². The summed E-state index contributed by atoms with van der Waals surface area (Å²) in [6.07, 6.45) is 0.123. The summed E-state index contributed by atoms with van der Waals surface area (Å²) < 4.78 is 0. The number of carbonyl (C=O) groups is 2. The molecule has 1 atom stereocenters. The van der Waals surface area contributed by atoms with E-state index >= 15 is 0 Å². The number of carbonyl (C=O) groups excluding carboxylic acids is 1.